The van der Waals surface area contributed by atoms with Gasteiger partial charge in [-0.1, -0.05) is 59.6 Å². The van der Waals surface area contributed by atoms with Gasteiger partial charge < -0.3 is 35.8 Å². The largest absolute Gasteiger partial charge is 0.445 e. The Morgan fingerprint density at radius 1 is 1.16 bits per heavy atom. The van der Waals surface area contributed by atoms with Crippen LogP contribution in [0.3, 0.4) is 0 Å². The Morgan fingerprint density at radius 3 is 2.57 bits per heavy atom. The van der Waals surface area contributed by atoms with Crippen molar-refractivity contribution in [2.75, 3.05) is 31.1 Å². The van der Waals surface area contributed by atoms with Gasteiger partial charge in [-0.3, -0.25) is 24.7 Å². The smallest absolute Gasteiger partial charge is 0.414 e. The lowest BCUT2D eigenvalue weighted by Crippen LogP contribution is -2.78. The molecule has 0 radical (unpaired) electrons. The van der Waals surface area contributed by atoms with Crippen molar-refractivity contribution in [3.05, 3.63) is 42.2 Å². The summed E-state index contributed by atoms with van der Waals surface area (Å²) in [5.74, 6) is -3.60. The molecule has 5 aliphatic heterocycles. The number of nitrogens with zero attached hydrogens (tertiary/aromatic N) is 4. The van der Waals surface area contributed by atoms with Crippen LogP contribution in [-0.2, 0) is 20.7 Å². The molecule has 3 fully saturated rings. The SMILES string of the molecule is C=C1NC2[C@H](CN3C(=O)CCC3=O)N=C(NC(=O)OCC(Cl)(Cl)Cl)N3CC(NC(=O)N4CCc5ccccc54)C(O)(O)C23N1. The number of anilines is 1. The summed E-state index contributed by atoms with van der Waals surface area (Å²) in [6, 6.07) is 3.45. The maximum absolute atomic E-state index is 13.5. The minimum Gasteiger partial charge on any atom is -0.445 e. The lowest BCUT2D eigenvalue weighted by Gasteiger charge is -2.49. The van der Waals surface area contributed by atoms with E-state index in [4.69, 9.17) is 39.5 Å². The number of fused-ring (bicyclic) bond motifs is 1. The molecule has 236 valence electrons. The second-order valence-electron chi connectivity index (χ2n) is 11.1. The van der Waals surface area contributed by atoms with Crippen LogP contribution in [0.25, 0.3) is 0 Å². The molecule has 0 bridgehead atoms. The van der Waals surface area contributed by atoms with E-state index in [-0.39, 0.29) is 37.7 Å². The van der Waals surface area contributed by atoms with Crippen molar-refractivity contribution in [3.8, 4) is 0 Å². The van der Waals surface area contributed by atoms with E-state index >= 15 is 0 Å². The van der Waals surface area contributed by atoms with Crippen molar-refractivity contribution in [3.63, 3.8) is 0 Å². The fourth-order valence-corrected chi connectivity index (χ4v) is 6.66. The summed E-state index contributed by atoms with van der Waals surface area (Å²) < 4.78 is 3.10. The number of rotatable bonds is 4. The first kappa shape index (κ1) is 30.5. The van der Waals surface area contributed by atoms with Crippen molar-refractivity contribution in [1.82, 2.24) is 31.1 Å². The number of amides is 5. The first-order chi connectivity index (χ1) is 20.7. The van der Waals surface area contributed by atoms with Crippen molar-refractivity contribution >= 4 is 70.4 Å². The molecule has 18 heteroatoms. The molecule has 5 aliphatic rings. The lowest BCUT2D eigenvalue weighted by molar-refractivity contribution is -0.231. The third-order valence-electron chi connectivity index (χ3n) is 8.42. The quantitative estimate of drug-likeness (QED) is 0.143. The third-order valence-corrected chi connectivity index (χ3v) is 8.75. The number of imide groups is 1. The minimum absolute atomic E-state index is 0.0295. The number of aliphatic imine (C=N–C) groups is 1. The van der Waals surface area contributed by atoms with Crippen molar-refractivity contribution in [2.24, 2.45) is 4.99 Å². The van der Waals surface area contributed by atoms with E-state index < -0.39 is 63.9 Å². The van der Waals surface area contributed by atoms with Gasteiger partial charge in [0.15, 0.2) is 5.66 Å². The van der Waals surface area contributed by atoms with Crippen molar-refractivity contribution in [2.45, 2.75) is 52.6 Å². The topological polar surface area (TPSA) is 188 Å². The minimum atomic E-state index is -2.74. The molecule has 44 heavy (non-hydrogen) atoms. The zero-order valence-electron chi connectivity index (χ0n) is 23.1. The molecule has 1 aromatic rings. The molecule has 0 aromatic heterocycles. The second kappa shape index (κ2) is 10.8. The van der Waals surface area contributed by atoms with Crippen LogP contribution in [0.4, 0.5) is 15.3 Å². The fourth-order valence-electron chi connectivity index (χ4n) is 6.50. The number of aliphatic hydroxyl groups is 2. The molecule has 0 saturated carbocycles. The summed E-state index contributed by atoms with van der Waals surface area (Å²) in [5, 5.41) is 35.0. The highest BCUT2D eigenvalue weighted by molar-refractivity contribution is 6.67. The predicted octanol–water partition coefficient (Wildman–Crippen LogP) is -0.164. The summed E-state index contributed by atoms with van der Waals surface area (Å²) in [6.07, 6.45) is -0.389. The molecule has 4 atom stereocenters. The number of hydrogen-bond donors (Lipinski definition) is 6. The fraction of sp³-hybridized carbons (Fsp3) is 0.500. The first-order valence-corrected chi connectivity index (χ1v) is 14.9. The number of alkyl halides is 3. The molecule has 5 heterocycles. The molecule has 3 saturated heterocycles. The number of para-hydroxylation sites is 1. The van der Waals surface area contributed by atoms with Crippen LogP contribution in [0, 0.1) is 0 Å². The molecular formula is C26H29Cl3N8O7. The average molecular weight is 672 g/mol. The van der Waals surface area contributed by atoms with E-state index in [0.717, 1.165) is 10.5 Å². The number of carbonyl (C=O) groups excluding carboxylic acids is 4. The van der Waals surface area contributed by atoms with Crippen LogP contribution in [0.5, 0.6) is 0 Å². The van der Waals surface area contributed by atoms with Crippen molar-refractivity contribution < 1.29 is 34.1 Å². The highest BCUT2D eigenvalue weighted by Gasteiger charge is 2.74. The molecule has 6 N–H and O–H groups in total. The Bertz CT molecular complexity index is 1450. The van der Waals surface area contributed by atoms with Gasteiger partial charge in [-0.25, -0.2) is 14.6 Å². The third kappa shape index (κ3) is 5.05. The van der Waals surface area contributed by atoms with E-state index in [1.54, 1.807) is 12.1 Å². The standard InChI is InChI=1S/C26H29Cl3N8O7/c1-13-30-20-15(10-36-18(38)6-7-19(36)39)31-21(33-23(41)44-12-24(27,28)29)37-11-17(26(42,43)25(20,37)34-13)32-22(40)35-9-8-14-4-2-3-5-16(14)35/h2-5,15,17,20,30,34,42-43H,1,6-12H2,(H,32,40)(H,31,33,41)/t15-,17?,20?,25?/m0/s1. The van der Waals surface area contributed by atoms with Crippen LogP contribution in [0.2, 0.25) is 0 Å². The Hall–Kier alpha value is -3.50. The van der Waals surface area contributed by atoms with Gasteiger partial charge in [0.2, 0.25) is 27.4 Å². The van der Waals surface area contributed by atoms with Crippen LogP contribution in [-0.4, -0.2) is 110 Å². The number of ether oxygens (including phenoxy) is 1. The molecule has 1 spiro atoms. The molecule has 0 aliphatic carbocycles. The number of benzene rings is 1. The number of carbonyl (C=O) groups is 4. The van der Waals surface area contributed by atoms with Crippen LogP contribution < -0.4 is 26.2 Å². The Kier molecular flexibility index (Phi) is 7.52. The predicted molar refractivity (Wildman–Crippen MR) is 158 cm³/mol. The van der Waals surface area contributed by atoms with Gasteiger partial charge in [-0.2, -0.15) is 0 Å². The van der Waals surface area contributed by atoms with Crippen molar-refractivity contribution in [1.29, 1.82) is 0 Å². The molecule has 3 unspecified atom stereocenters. The highest BCUT2D eigenvalue weighted by atomic mass is 35.6. The van der Waals surface area contributed by atoms with Crippen LogP contribution in [0.15, 0.2) is 41.7 Å². The molecule has 6 rings (SSSR count). The highest BCUT2D eigenvalue weighted by Crippen LogP contribution is 2.45. The monoisotopic (exact) mass is 670 g/mol. The maximum Gasteiger partial charge on any atom is 0.414 e. The van der Waals surface area contributed by atoms with Gasteiger partial charge in [0, 0.05) is 31.6 Å². The number of likely N-dealkylation sites (tertiary alicyclic amines) is 1. The van der Waals surface area contributed by atoms with E-state index in [1.807, 2.05) is 12.1 Å². The Labute approximate surface area is 266 Å². The number of halogens is 3. The first-order valence-electron chi connectivity index (χ1n) is 13.7. The Morgan fingerprint density at radius 2 is 1.86 bits per heavy atom. The maximum atomic E-state index is 13.5. The number of urea groups is 1. The summed E-state index contributed by atoms with van der Waals surface area (Å²) in [6.45, 7) is 3.17. The van der Waals surface area contributed by atoms with Gasteiger partial charge in [0.25, 0.3) is 0 Å². The zero-order valence-corrected chi connectivity index (χ0v) is 25.3. The molecular weight excluding hydrogens is 643 g/mol. The van der Waals surface area contributed by atoms with E-state index in [2.05, 4.69) is 32.8 Å². The molecule has 1 aromatic carbocycles. The molecule has 5 amide bonds. The summed E-state index contributed by atoms with van der Waals surface area (Å²) in [7, 11) is 0. The van der Waals surface area contributed by atoms with Crippen LogP contribution in [0.1, 0.15) is 18.4 Å². The number of alkyl carbamates (subject to hydrolysis) is 1. The van der Waals surface area contributed by atoms with Gasteiger partial charge in [-0.15, -0.1) is 0 Å². The summed E-state index contributed by atoms with van der Waals surface area (Å²) in [4.78, 5) is 59.8. The van der Waals surface area contributed by atoms with Gasteiger partial charge >= 0.3 is 12.1 Å². The normalized spacial score (nSPS) is 28.6. The number of guanidine groups is 1. The second-order valence-corrected chi connectivity index (χ2v) is 13.6. The van der Waals surface area contributed by atoms with E-state index in [1.165, 1.54) is 9.80 Å². The summed E-state index contributed by atoms with van der Waals surface area (Å²) >= 11 is 17.1. The summed E-state index contributed by atoms with van der Waals surface area (Å²) in [5.41, 5.74) is -0.225. The van der Waals surface area contributed by atoms with Gasteiger partial charge in [0.1, 0.15) is 12.6 Å². The van der Waals surface area contributed by atoms with E-state index in [0.29, 0.717) is 18.7 Å². The zero-order chi connectivity index (χ0) is 31.6. The lowest BCUT2D eigenvalue weighted by atomic mass is 9.85. The van der Waals surface area contributed by atoms with Gasteiger partial charge in [0.05, 0.1) is 24.4 Å². The average Bonchev–Trinajstić information content (AvgIpc) is 3.68. The Balaban J connectivity index is 1.33. The van der Waals surface area contributed by atoms with Crippen LogP contribution >= 0.6 is 34.8 Å². The molecule has 15 nitrogen and oxygen atoms in total. The van der Waals surface area contributed by atoms with Gasteiger partial charge in [-0.05, 0) is 18.1 Å². The number of nitrogens with one attached hydrogen (secondary N) is 4. The number of hydrogen-bond acceptors (Lipinski definition) is 11. The van der Waals surface area contributed by atoms with E-state index in [9.17, 15) is 29.4 Å².